The molecule has 0 atom stereocenters. The standard InChI is InChI=1S/C42H52N2O7/c1-3-5-7-9-11-13-25-49-41(47)43-33-21-23-39(37(29-33)31-17-15-19-35(45)27-31)51-40-24-22-34(30-38(40)32-18-16-20-36(46)28-32)44-42(48)50-26-14-12-10-8-6-4-2/h15-24,27-30,45-46H,3-14,25-26H2,1-2H3,(H,43,47)(H,44,48). The summed E-state index contributed by atoms with van der Waals surface area (Å²) in [6.45, 7) is 5.05. The fourth-order valence-corrected chi connectivity index (χ4v) is 5.71. The van der Waals surface area contributed by atoms with E-state index in [-0.39, 0.29) is 11.5 Å². The molecule has 0 aromatic heterocycles. The van der Waals surface area contributed by atoms with Gasteiger partial charge in [-0.15, -0.1) is 0 Å². The first-order valence-corrected chi connectivity index (χ1v) is 18.3. The topological polar surface area (TPSA) is 126 Å². The van der Waals surface area contributed by atoms with E-state index in [1.807, 2.05) is 12.1 Å². The lowest BCUT2D eigenvalue weighted by Crippen LogP contribution is -2.14. The summed E-state index contributed by atoms with van der Waals surface area (Å²) < 4.78 is 17.4. The molecule has 0 bridgehead atoms. The van der Waals surface area contributed by atoms with E-state index >= 15 is 0 Å². The number of rotatable bonds is 20. The Hall–Kier alpha value is -5.18. The van der Waals surface area contributed by atoms with E-state index in [1.165, 1.54) is 38.5 Å². The second-order valence-electron chi connectivity index (χ2n) is 12.7. The van der Waals surface area contributed by atoms with Crippen molar-refractivity contribution >= 4 is 23.6 Å². The Morgan fingerprint density at radius 2 is 0.941 bits per heavy atom. The number of ether oxygens (including phenoxy) is 3. The minimum Gasteiger partial charge on any atom is -0.508 e. The number of anilines is 2. The molecule has 272 valence electrons. The summed E-state index contributed by atoms with van der Waals surface area (Å²) in [5, 5.41) is 26.2. The van der Waals surface area contributed by atoms with E-state index in [0.717, 1.165) is 38.5 Å². The third-order valence-electron chi connectivity index (χ3n) is 8.45. The molecular formula is C42H52N2O7. The molecule has 4 rings (SSSR count). The lowest BCUT2D eigenvalue weighted by molar-refractivity contribution is 0.158. The Bertz CT molecular complexity index is 1570. The summed E-state index contributed by atoms with van der Waals surface area (Å²) in [7, 11) is 0. The Morgan fingerprint density at radius 3 is 1.35 bits per heavy atom. The van der Waals surface area contributed by atoms with Gasteiger partial charge in [-0.05, 0) is 84.6 Å². The van der Waals surface area contributed by atoms with Crippen molar-refractivity contribution in [2.24, 2.45) is 0 Å². The third kappa shape index (κ3) is 13.2. The fraction of sp³-hybridized carbons (Fsp3) is 0.381. The fourth-order valence-electron chi connectivity index (χ4n) is 5.71. The molecule has 0 heterocycles. The predicted molar refractivity (Wildman–Crippen MR) is 204 cm³/mol. The van der Waals surface area contributed by atoms with Crippen molar-refractivity contribution in [3.05, 3.63) is 84.9 Å². The minimum absolute atomic E-state index is 0.0782. The van der Waals surface area contributed by atoms with Crippen LogP contribution in [0.1, 0.15) is 90.9 Å². The van der Waals surface area contributed by atoms with Crippen molar-refractivity contribution < 1.29 is 34.0 Å². The molecule has 0 aliphatic heterocycles. The van der Waals surface area contributed by atoms with Crippen LogP contribution in [0.15, 0.2) is 84.9 Å². The average Bonchev–Trinajstić information content (AvgIpc) is 3.12. The number of phenolic OH excluding ortho intramolecular Hbond substituents is 2. The van der Waals surface area contributed by atoms with Crippen LogP contribution >= 0.6 is 0 Å². The van der Waals surface area contributed by atoms with Gasteiger partial charge in [0, 0.05) is 22.5 Å². The molecule has 0 spiro atoms. The highest BCUT2D eigenvalue weighted by Gasteiger charge is 2.16. The summed E-state index contributed by atoms with van der Waals surface area (Å²) in [4.78, 5) is 25.2. The van der Waals surface area contributed by atoms with E-state index in [2.05, 4.69) is 24.5 Å². The molecule has 0 unspecified atom stereocenters. The van der Waals surface area contributed by atoms with Gasteiger partial charge < -0.3 is 24.4 Å². The van der Waals surface area contributed by atoms with E-state index in [4.69, 9.17) is 14.2 Å². The van der Waals surface area contributed by atoms with Crippen LogP contribution in [0.3, 0.4) is 0 Å². The van der Waals surface area contributed by atoms with E-state index < -0.39 is 12.2 Å². The highest BCUT2D eigenvalue weighted by molar-refractivity contribution is 5.88. The maximum Gasteiger partial charge on any atom is 0.411 e. The summed E-state index contributed by atoms with van der Waals surface area (Å²) in [6.07, 6.45) is 12.0. The van der Waals surface area contributed by atoms with E-state index in [1.54, 1.807) is 72.8 Å². The highest BCUT2D eigenvalue weighted by atomic mass is 16.6. The Morgan fingerprint density at radius 1 is 0.529 bits per heavy atom. The number of phenols is 2. The quantitative estimate of drug-likeness (QED) is 0.0677. The number of hydrogen-bond donors (Lipinski definition) is 4. The van der Waals surface area contributed by atoms with E-state index in [0.29, 0.717) is 58.3 Å². The van der Waals surface area contributed by atoms with Gasteiger partial charge in [0.05, 0.1) is 13.2 Å². The summed E-state index contributed by atoms with van der Waals surface area (Å²) in [5.41, 5.74) is 3.56. The molecule has 4 aromatic rings. The zero-order valence-electron chi connectivity index (χ0n) is 29.9. The van der Waals surface area contributed by atoms with Gasteiger partial charge in [0.2, 0.25) is 0 Å². The molecular weight excluding hydrogens is 644 g/mol. The number of nitrogens with one attached hydrogen (secondary N) is 2. The van der Waals surface area contributed by atoms with Gasteiger partial charge in [-0.25, -0.2) is 9.59 Å². The summed E-state index contributed by atoms with van der Waals surface area (Å²) in [6, 6.07) is 24.0. The number of hydrogen-bond acceptors (Lipinski definition) is 7. The highest BCUT2D eigenvalue weighted by Crippen LogP contribution is 2.41. The van der Waals surface area contributed by atoms with Gasteiger partial charge in [-0.3, -0.25) is 10.6 Å². The lowest BCUT2D eigenvalue weighted by atomic mass is 10.0. The monoisotopic (exact) mass is 696 g/mol. The van der Waals surface area contributed by atoms with Gasteiger partial charge in [0.1, 0.15) is 23.0 Å². The molecule has 4 aromatic carbocycles. The molecule has 0 aliphatic rings. The first-order chi connectivity index (χ1) is 24.9. The van der Waals surface area contributed by atoms with Crippen LogP contribution < -0.4 is 15.4 Å². The normalized spacial score (nSPS) is 10.8. The van der Waals surface area contributed by atoms with Crippen LogP contribution in [0.5, 0.6) is 23.0 Å². The molecule has 0 fully saturated rings. The van der Waals surface area contributed by atoms with Crippen LogP contribution in [0, 0.1) is 0 Å². The van der Waals surface area contributed by atoms with Crippen molar-refractivity contribution in [3.63, 3.8) is 0 Å². The minimum atomic E-state index is -0.543. The second kappa shape index (κ2) is 21.1. The number of benzene rings is 4. The maximum atomic E-state index is 12.6. The van der Waals surface area contributed by atoms with Crippen LogP contribution in [0.2, 0.25) is 0 Å². The van der Waals surface area contributed by atoms with Crippen LogP contribution in [-0.2, 0) is 9.47 Å². The predicted octanol–water partition coefficient (Wildman–Crippen LogP) is 12.0. The molecule has 9 nitrogen and oxygen atoms in total. The number of amides is 2. The van der Waals surface area contributed by atoms with Gasteiger partial charge in [0.25, 0.3) is 0 Å². The average molecular weight is 697 g/mol. The lowest BCUT2D eigenvalue weighted by Gasteiger charge is -2.18. The van der Waals surface area contributed by atoms with Gasteiger partial charge in [0.15, 0.2) is 0 Å². The maximum absolute atomic E-state index is 12.6. The number of carbonyl (C=O) groups is 2. The molecule has 4 N–H and O–H groups in total. The van der Waals surface area contributed by atoms with Gasteiger partial charge >= 0.3 is 12.2 Å². The van der Waals surface area contributed by atoms with Crippen LogP contribution in [-0.4, -0.2) is 35.6 Å². The SMILES string of the molecule is CCCCCCCCOC(=O)Nc1ccc(Oc2ccc(NC(=O)OCCCCCCCC)cc2-c2cccc(O)c2)c(-c2cccc(O)c2)c1. The number of aromatic hydroxyl groups is 2. The van der Waals surface area contributed by atoms with Crippen molar-refractivity contribution in [2.45, 2.75) is 90.9 Å². The van der Waals surface area contributed by atoms with Crippen LogP contribution in [0.4, 0.5) is 21.0 Å². The van der Waals surface area contributed by atoms with Crippen LogP contribution in [0.25, 0.3) is 22.3 Å². The molecule has 0 saturated heterocycles. The first kappa shape index (κ1) is 38.6. The zero-order valence-corrected chi connectivity index (χ0v) is 29.9. The molecule has 2 amide bonds. The summed E-state index contributed by atoms with van der Waals surface area (Å²) >= 11 is 0. The number of carbonyl (C=O) groups excluding carboxylic acids is 2. The van der Waals surface area contributed by atoms with Gasteiger partial charge in [-0.1, -0.05) is 102 Å². The Labute approximate surface area is 302 Å². The molecule has 0 saturated carbocycles. The second-order valence-corrected chi connectivity index (χ2v) is 12.7. The van der Waals surface area contributed by atoms with Crippen molar-refractivity contribution in [1.82, 2.24) is 0 Å². The first-order valence-electron chi connectivity index (χ1n) is 18.3. The Balaban J connectivity index is 1.52. The molecule has 9 heteroatoms. The number of unbranched alkanes of at least 4 members (excludes halogenated alkanes) is 10. The molecule has 0 radical (unpaired) electrons. The summed E-state index contributed by atoms with van der Waals surface area (Å²) in [5.74, 6) is 1.06. The largest absolute Gasteiger partial charge is 0.508 e. The van der Waals surface area contributed by atoms with Crippen molar-refractivity contribution in [1.29, 1.82) is 0 Å². The Kier molecular flexibility index (Phi) is 16.0. The third-order valence-corrected chi connectivity index (χ3v) is 8.45. The van der Waals surface area contributed by atoms with Gasteiger partial charge in [-0.2, -0.15) is 0 Å². The van der Waals surface area contributed by atoms with Crippen molar-refractivity contribution in [3.8, 4) is 45.3 Å². The molecule has 0 aliphatic carbocycles. The zero-order chi connectivity index (χ0) is 36.3. The van der Waals surface area contributed by atoms with E-state index in [9.17, 15) is 19.8 Å². The smallest absolute Gasteiger partial charge is 0.411 e. The van der Waals surface area contributed by atoms with Crippen molar-refractivity contribution in [2.75, 3.05) is 23.8 Å². The molecule has 51 heavy (non-hydrogen) atoms.